The normalized spacial score (nSPS) is 11.1. The molecule has 0 aliphatic rings. The summed E-state index contributed by atoms with van der Waals surface area (Å²) in [6.45, 7) is 0. The van der Waals surface area contributed by atoms with Gasteiger partial charge in [0.05, 0.1) is 25.5 Å². The molecule has 0 fully saturated rings. The van der Waals surface area contributed by atoms with E-state index in [1.807, 2.05) is 0 Å². The number of methoxy groups -OCH3 is 2. The largest absolute Gasteiger partial charge is 0.493 e. The average Bonchev–Trinajstić information content (AvgIpc) is 2.56. The molecule has 0 unspecified atom stereocenters. The zero-order valence-electron chi connectivity index (χ0n) is 13.3. The lowest BCUT2D eigenvalue weighted by Gasteiger charge is -2.13. The molecular formula is C15H12F3NO6S. The number of halogens is 3. The molecule has 26 heavy (non-hydrogen) atoms. The Morgan fingerprint density at radius 2 is 1.54 bits per heavy atom. The summed E-state index contributed by atoms with van der Waals surface area (Å²) in [6.07, 6.45) is 0. The molecule has 2 N–H and O–H groups in total. The maximum Gasteiger partial charge on any atom is 0.338 e. The van der Waals surface area contributed by atoms with Gasteiger partial charge in [0, 0.05) is 18.2 Å². The molecule has 7 nitrogen and oxygen atoms in total. The highest BCUT2D eigenvalue weighted by molar-refractivity contribution is 7.92. The van der Waals surface area contributed by atoms with Gasteiger partial charge >= 0.3 is 5.97 Å². The van der Waals surface area contributed by atoms with Crippen molar-refractivity contribution in [2.45, 2.75) is 4.90 Å². The van der Waals surface area contributed by atoms with Gasteiger partial charge in [0.2, 0.25) is 0 Å². The summed E-state index contributed by atoms with van der Waals surface area (Å²) in [5.74, 6) is -5.92. The fraction of sp³-hybridized carbons (Fsp3) is 0.133. The molecule has 2 aromatic carbocycles. The number of carboxylic acid groups (broad SMARTS) is 1. The third kappa shape index (κ3) is 3.67. The van der Waals surface area contributed by atoms with Crippen molar-refractivity contribution in [3.63, 3.8) is 0 Å². The molecule has 2 aromatic rings. The standard InChI is InChI=1S/C15H12F3NO6S/c1-24-12-5-10(18)14(6-13(12)25-2)26(22,23)19-11-3-7(15(20)21)8(16)4-9(11)17/h3-6,19H,1-2H3,(H,20,21). The maximum absolute atomic E-state index is 14.1. The molecule has 0 radical (unpaired) electrons. The average molecular weight is 391 g/mol. The Morgan fingerprint density at radius 1 is 0.962 bits per heavy atom. The van der Waals surface area contributed by atoms with E-state index in [-0.39, 0.29) is 17.6 Å². The number of anilines is 1. The van der Waals surface area contributed by atoms with Gasteiger partial charge in [0.1, 0.15) is 22.3 Å². The summed E-state index contributed by atoms with van der Waals surface area (Å²) in [4.78, 5) is 9.99. The fourth-order valence-corrected chi connectivity index (χ4v) is 3.17. The first-order valence-electron chi connectivity index (χ1n) is 6.77. The van der Waals surface area contributed by atoms with Crippen LogP contribution in [-0.4, -0.2) is 33.7 Å². The van der Waals surface area contributed by atoms with Crippen molar-refractivity contribution in [2.75, 3.05) is 18.9 Å². The first-order chi connectivity index (χ1) is 12.1. The number of sulfonamides is 1. The minimum absolute atomic E-state index is 0.0786. The van der Waals surface area contributed by atoms with E-state index in [9.17, 15) is 26.4 Å². The molecule has 0 saturated carbocycles. The highest BCUT2D eigenvalue weighted by Gasteiger charge is 2.25. The first-order valence-corrected chi connectivity index (χ1v) is 8.25. The van der Waals surface area contributed by atoms with Crippen LogP contribution in [0.3, 0.4) is 0 Å². The van der Waals surface area contributed by atoms with Gasteiger partial charge in [0.25, 0.3) is 10.0 Å². The molecule has 0 aromatic heterocycles. The summed E-state index contributed by atoms with van der Waals surface area (Å²) < 4.78 is 77.4. The van der Waals surface area contributed by atoms with Gasteiger partial charge in [-0.05, 0) is 6.07 Å². The molecule has 0 atom stereocenters. The zero-order valence-corrected chi connectivity index (χ0v) is 14.2. The van der Waals surface area contributed by atoms with E-state index in [0.29, 0.717) is 6.07 Å². The second-order valence-corrected chi connectivity index (χ2v) is 6.51. The lowest BCUT2D eigenvalue weighted by Crippen LogP contribution is -2.17. The Kier molecular flexibility index (Phi) is 5.30. The summed E-state index contributed by atoms with van der Waals surface area (Å²) in [5.41, 5.74) is -1.82. The summed E-state index contributed by atoms with van der Waals surface area (Å²) in [7, 11) is -2.29. The van der Waals surface area contributed by atoms with Gasteiger partial charge in [-0.15, -0.1) is 0 Å². The minimum Gasteiger partial charge on any atom is -0.493 e. The van der Waals surface area contributed by atoms with Crippen molar-refractivity contribution >= 4 is 21.7 Å². The summed E-state index contributed by atoms with van der Waals surface area (Å²) in [5, 5.41) is 8.84. The lowest BCUT2D eigenvalue weighted by molar-refractivity contribution is 0.0692. The SMILES string of the molecule is COc1cc(F)c(S(=O)(=O)Nc2cc(C(=O)O)c(F)cc2F)cc1OC. The molecular weight excluding hydrogens is 379 g/mol. The number of ether oxygens (including phenoxy) is 2. The molecule has 0 spiro atoms. The lowest BCUT2D eigenvalue weighted by atomic mass is 10.2. The topological polar surface area (TPSA) is 102 Å². The van der Waals surface area contributed by atoms with Gasteiger partial charge in [-0.3, -0.25) is 4.72 Å². The first kappa shape index (κ1) is 19.4. The van der Waals surface area contributed by atoms with Crippen LogP contribution in [0.15, 0.2) is 29.2 Å². The molecule has 0 amide bonds. The van der Waals surface area contributed by atoms with E-state index in [0.717, 1.165) is 12.1 Å². The van der Waals surface area contributed by atoms with Crippen molar-refractivity contribution in [3.8, 4) is 11.5 Å². The number of benzene rings is 2. The number of hydrogen-bond donors (Lipinski definition) is 2. The fourth-order valence-electron chi connectivity index (χ4n) is 2.03. The Morgan fingerprint density at radius 3 is 2.08 bits per heavy atom. The van der Waals surface area contributed by atoms with E-state index in [4.69, 9.17) is 14.6 Å². The number of hydrogen-bond acceptors (Lipinski definition) is 5. The van der Waals surface area contributed by atoms with Crippen molar-refractivity contribution in [1.29, 1.82) is 0 Å². The van der Waals surface area contributed by atoms with Crippen LogP contribution in [0.25, 0.3) is 0 Å². The quantitative estimate of drug-likeness (QED) is 0.785. The molecule has 0 aliphatic heterocycles. The van der Waals surface area contributed by atoms with Crippen molar-refractivity contribution in [2.24, 2.45) is 0 Å². The van der Waals surface area contributed by atoms with Crippen LogP contribution in [0.5, 0.6) is 11.5 Å². The highest BCUT2D eigenvalue weighted by Crippen LogP contribution is 2.33. The van der Waals surface area contributed by atoms with Gasteiger partial charge < -0.3 is 14.6 Å². The van der Waals surface area contributed by atoms with Crippen molar-refractivity contribution < 1.29 is 41.0 Å². The van der Waals surface area contributed by atoms with Crippen molar-refractivity contribution in [1.82, 2.24) is 0 Å². The maximum atomic E-state index is 14.1. The predicted molar refractivity (Wildman–Crippen MR) is 83.6 cm³/mol. The molecule has 140 valence electrons. The molecule has 2 rings (SSSR count). The molecule has 0 bridgehead atoms. The van der Waals surface area contributed by atoms with Crippen LogP contribution in [-0.2, 0) is 10.0 Å². The van der Waals surface area contributed by atoms with Crippen LogP contribution in [0.2, 0.25) is 0 Å². The predicted octanol–water partition coefficient (Wildman–Crippen LogP) is 2.62. The summed E-state index contributed by atoms with van der Waals surface area (Å²) >= 11 is 0. The van der Waals surface area contributed by atoms with E-state index >= 15 is 0 Å². The molecule has 11 heteroatoms. The number of carbonyl (C=O) groups is 1. The number of carboxylic acids is 1. The second kappa shape index (κ2) is 7.12. The van der Waals surface area contributed by atoms with Gasteiger partial charge in [-0.1, -0.05) is 0 Å². The molecule has 0 heterocycles. The zero-order chi connectivity index (χ0) is 19.6. The van der Waals surface area contributed by atoms with E-state index in [1.54, 1.807) is 4.72 Å². The van der Waals surface area contributed by atoms with E-state index in [2.05, 4.69) is 0 Å². The van der Waals surface area contributed by atoms with Crippen LogP contribution in [0, 0.1) is 17.5 Å². The van der Waals surface area contributed by atoms with Crippen LogP contribution in [0.1, 0.15) is 10.4 Å². The van der Waals surface area contributed by atoms with E-state index in [1.165, 1.54) is 14.2 Å². The third-order valence-corrected chi connectivity index (χ3v) is 4.64. The van der Waals surface area contributed by atoms with Crippen molar-refractivity contribution in [3.05, 3.63) is 47.3 Å². The Balaban J connectivity index is 2.54. The third-order valence-electron chi connectivity index (χ3n) is 3.26. The minimum atomic E-state index is -4.70. The Bertz CT molecular complexity index is 978. The van der Waals surface area contributed by atoms with Crippen LogP contribution in [0.4, 0.5) is 18.9 Å². The Hall–Kier alpha value is -2.95. The smallest absolute Gasteiger partial charge is 0.338 e. The van der Waals surface area contributed by atoms with E-state index < -0.39 is 49.6 Å². The van der Waals surface area contributed by atoms with Crippen LogP contribution >= 0.6 is 0 Å². The molecule has 0 saturated heterocycles. The highest BCUT2D eigenvalue weighted by atomic mass is 32.2. The number of nitrogens with one attached hydrogen (secondary N) is 1. The van der Waals surface area contributed by atoms with Gasteiger partial charge in [-0.25, -0.2) is 26.4 Å². The van der Waals surface area contributed by atoms with Crippen LogP contribution < -0.4 is 14.2 Å². The van der Waals surface area contributed by atoms with Gasteiger partial charge in [0.15, 0.2) is 11.5 Å². The second-order valence-electron chi connectivity index (χ2n) is 4.86. The Labute approximate surface area is 146 Å². The van der Waals surface area contributed by atoms with Gasteiger partial charge in [-0.2, -0.15) is 0 Å². The monoisotopic (exact) mass is 391 g/mol. The summed E-state index contributed by atoms with van der Waals surface area (Å²) in [6, 6.07) is 2.20. The molecule has 0 aliphatic carbocycles. The number of aromatic carboxylic acids is 1. The number of rotatable bonds is 6.